The molecule has 0 bridgehead atoms. The maximum Gasteiger partial charge on any atom is 0.412 e. The van der Waals surface area contributed by atoms with Gasteiger partial charge in [-0.2, -0.15) is 0 Å². The summed E-state index contributed by atoms with van der Waals surface area (Å²) in [5.41, 5.74) is 5.40. The Hall–Kier alpha value is -4.43. The number of rotatable bonds is 8. The van der Waals surface area contributed by atoms with E-state index >= 15 is 0 Å². The van der Waals surface area contributed by atoms with Crippen LogP contribution in [0, 0.1) is 0 Å². The minimum atomic E-state index is -0.844. The van der Waals surface area contributed by atoms with Gasteiger partial charge in [-0.05, 0) is 40.0 Å². The van der Waals surface area contributed by atoms with Gasteiger partial charge in [0.2, 0.25) is 0 Å². The second kappa shape index (κ2) is 12.2. The lowest BCUT2D eigenvalue weighted by atomic mass is 9.98. The van der Waals surface area contributed by atoms with Crippen molar-refractivity contribution in [3.63, 3.8) is 0 Å². The first kappa shape index (κ1) is 27.1. The molecule has 0 N–H and O–H groups in total. The first-order valence-electron chi connectivity index (χ1n) is 13.2. The molecule has 0 radical (unpaired) electrons. The third kappa shape index (κ3) is 6.07. The Morgan fingerprint density at radius 1 is 0.750 bits per heavy atom. The molecule has 1 heterocycles. The molecule has 0 saturated carbocycles. The fourth-order valence-corrected chi connectivity index (χ4v) is 5.16. The fraction of sp³-hybridized carbons (Fsp3) is 0.281. The van der Waals surface area contributed by atoms with Gasteiger partial charge in [0.15, 0.2) is 6.23 Å². The van der Waals surface area contributed by atoms with E-state index in [0.717, 1.165) is 27.8 Å². The Morgan fingerprint density at radius 3 is 2.00 bits per heavy atom. The number of esters is 2. The largest absolute Gasteiger partial charge is 0.463 e. The van der Waals surface area contributed by atoms with Crippen LogP contribution in [0.25, 0.3) is 11.1 Å². The van der Waals surface area contributed by atoms with E-state index in [1.807, 2.05) is 54.6 Å². The quantitative estimate of drug-likeness (QED) is 0.220. The highest BCUT2D eigenvalue weighted by molar-refractivity contribution is 5.79. The highest BCUT2D eigenvalue weighted by Gasteiger charge is 2.36. The standard InChI is InChI=1S/C32H31NO7/c1-21(34)37-20-30-29(39-22(2)35)16-17-31(40-30)33(18-23-10-4-3-5-11-23)32(36)38-19-28-26-14-8-6-12-24(26)25-13-7-9-15-27(25)28/h3-17,28-31H,18-20H2,1-2H3/t29-,30+,31?/m0/s1. The lowest BCUT2D eigenvalue weighted by molar-refractivity contribution is -0.172. The van der Waals surface area contributed by atoms with Crippen LogP contribution in [-0.4, -0.2) is 54.6 Å². The molecule has 1 aliphatic heterocycles. The third-order valence-corrected chi connectivity index (χ3v) is 6.97. The van der Waals surface area contributed by atoms with Gasteiger partial charge in [0.25, 0.3) is 0 Å². The van der Waals surface area contributed by atoms with E-state index in [4.69, 9.17) is 18.9 Å². The van der Waals surface area contributed by atoms with Crippen molar-refractivity contribution in [2.24, 2.45) is 0 Å². The molecule has 3 atom stereocenters. The number of hydrogen-bond acceptors (Lipinski definition) is 7. The summed E-state index contributed by atoms with van der Waals surface area (Å²) in [5, 5.41) is 0. The Morgan fingerprint density at radius 2 is 1.38 bits per heavy atom. The first-order valence-corrected chi connectivity index (χ1v) is 13.2. The van der Waals surface area contributed by atoms with Crippen molar-refractivity contribution < 1.29 is 33.3 Å². The number of amides is 1. The number of carbonyl (C=O) groups excluding carboxylic acids is 3. The van der Waals surface area contributed by atoms with Gasteiger partial charge in [-0.15, -0.1) is 0 Å². The predicted octanol–water partition coefficient (Wildman–Crippen LogP) is 5.21. The van der Waals surface area contributed by atoms with Gasteiger partial charge in [0, 0.05) is 19.8 Å². The van der Waals surface area contributed by atoms with Crippen LogP contribution in [0.3, 0.4) is 0 Å². The Balaban J connectivity index is 1.37. The molecule has 0 aromatic heterocycles. The summed E-state index contributed by atoms with van der Waals surface area (Å²) < 4.78 is 22.6. The summed E-state index contributed by atoms with van der Waals surface area (Å²) in [5.74, 6) is -1.08. The minimum absolute atomic E-state index is 0.0946. The van der Waals surface area contributed by atoms with Crippen LogP contribution >= 0.6 is 0 Å². The van der Waals surface area contributed by atoms with E-state index < -0.39 is 36.5 Å². The number of nitrogens with zero attached hydrogens (tertiary/aromatic N) is 1. The molecule has 8 nitrogen and oxygen atoms in total. The van der Waals surface area contributed by atoms with Crippen LogP contribution in [-0.2, 0) is 35.1 Å². The highest BCUT2D eigenvalue weighted by atomic mass is 16.6. The predicted molar refractivity (Wildman–Crippen MR) is 147 cm³/mol. The van der Waals surface area contributed by atoms with Gasteiger partial charge in [0.05, 0.1) is 6.54 Å². The molecule has 40 heavy (non-hydrogen) atoms. The van der Waals surface area contributed by atoms with E-state index in [9.17, 15) is 14.4 Å². The van der Waals surface area contributed by atoms with Crippen molar-refractivity contribution in [3.05, 3.63) is 108 Å². The molecule has 1 aliphatic carbocycles. The van der Waals surface area contributed by atoms with Crippen molar-refractivity contribution in [2.75, 3.05) is 13.2 Å². The van der Waals surface area contributed by atoms with Gasteiger partial charge in [-0.3, -0.25) is 14.5 Å². The fourth-order valence-electron chi connectivity index (χ4n) is 5.16. The smallest absolute Gasteiger partial charge is 0.412 e. The number of carbonyl (C=O) groups is 3. The summed E-state index contributed by atoms with van der Waals surface area (Å²) in [6.07, 6.45) is 0.332. The van der Waals surface area contributed by atoms with Crippen molar-refractivity contribution in [3.8, 4) is 11.1 Å². The van der Waals surface area contributed by atoms with Gasteiger partial charge in [-0.1, -0.05) is 78.9 Å². The summed E-state index contributed by atoms with van der Waals surface area (Å²) in [4.78, 5) is 38.3. The lowest BCUT2D eigenvalue weighted by Crippen LogP contribution is -2.49. The Kier molecular flexibility index (Phi) is 8.26. The molecule has 1 amide bonds. The molecule has 5 rings (SSSR count). The Bertz CT molecular complexity index is 1360. The zero-order valence-electron chi connectivity index (χ0n) is 22.4. The van der Waals surface area contributed by atoms with Crippen molar-refractivity contribution in [1.29, 1.82) is 0 Å². The number of benzene rings is 3. The molecule has 0 spiro atoms. The summed E-state index contributed by atoms with van der Waals surface area (Å²) in [7, 11) is 0. The molecule has 2 aliphatic rings. The maximum atomic E-state index is 13.7. The normalized spacial score (nSPS) is 19.3. The van der Waals surface area contributed by atoms with Crippen molar-refractivity contribution >= 4 is 18.0 Å². The van der Waals surface area contributed by atoms with Gasteiger partial charge in [0.1, 0.15) is 25.4 Å². The topological polar surface area (TPSA) is 91.4 Å². The Labute approximate surface area is 233 Å². The molecule has 0 saturated heterocycles. The summed E-state index contributed by atoms with van der Waals surface area (Å²) >= 11 is 0. The van der Waals surface area contributed by atoms with Crippen LogP contribution in [0.5, 0.6) is 0 Å². The number of fused-ring (bicyclic) bond motifs is 3. The highest BCUT2D eigenvalue weighted by Crippen LogP contribution is 2.44. The summed E-state index contributed by atoms with van der Waals surface area (Å²) in [6.45, 7) is 2.81. The van der Waals surface area contributed by atoms with Gasteiger partial charge < -0.3 is 18.9 Å². The molecular weight excluding hydrogens is 510 g/mol. The van der Waals surface area contributed by atoms with Crippen LogP contribution in [0.2, 0.25) is 0 Å². The van der Waals surface area contributed by atoms with Gasteiger partial charge >= 0.3 is 18.0 Å². The number of ether oxygens (including phenoxy) is 4. The number of hydrogen-bond donors (Lipinski definition) is 0. The van der Waals surface area contributed by atoms with Crippen molar-refractivity contribution in [2.45, 2.75) is 44.7 Å². The van der Waals surface area contributed by atoms with Gasteiger partial charge in [-0.25, -0.2) is 4.79 Å². The molecule has 8 heteroatoms. The maximum absolute atomic E-state index is 13.7. The van der Waals surface area contributed by atoms with Crippen LogP contribution in [0.1, 0.15) is 36.5 Å². The van der Waals surface area contributed by atoms with E-state index in [0.29, 0.717) is 0 Å². The van der Waals surface area contributed by atoms with E-state index in [1.165, 1.54) is 18.7 Å². The van der Waals surface area contributed by atoms with Crippen LogP contribution in [0.4, 0.5) is 4.79 Å². The van der Waals surface area contributed by atoms with Crippen LogP contribution in [0.15, 0.2) is 91.0 Å². The van der Waals surface area contributed by atoms with E-state index in [1.54, 1.807) is 12.2 Å². The van der Waals surface area contributed by atoms with E-state index in [2.05, 4.69) is 24.3 Å². The monoisotopic (exact) mass is 541 g/mol. The van der Waals surface area contributed by atoms with Crippen molar-refractivity contribution in [1.82, 2.24) is 4.90 Å². The van der Waals surface area contributed by atoms with Crippen LogP contribution < -0.4 is 0 Å². The van der Waals surface area contributed by atoms with E-state index in [-0.39, 0.29) is 25.7 Å². The average molecular weight is 542 g/mol. The first-order chi connectivity index (χ1) is 19.4. The SMILES string of the molecule is CC(=O)OC[C@H]1OC(N(Cc2ccccc2)C(=O)OCC2c3ccccc3-c3ccccc32)C=C[C@@H]1OC(C)=O. The molecule has 3 aromatic carbocycles. The zero-order chi connectivity index (χ0) is 28.1. The second-order valence-electron chi connectivity index (χ2n) is 9.74. The second-order valence-corrected chi connectivity index (χ2v) is 9.74. The average Bonchev–Trinajstić information content (AvgIpc) is 3.28. The molecule has 206 valence electrons. The zero-order valence-corrected chi connectivity index (χ0v) is 22.4. The summed E-state index contributed by atoms with van der Waals surface area (Å²) in [6, 6.07) is 25.8. The minimum Gasteiger partial charge on any atom is -0.463 e. The molecule has 1 unspecified atom stereocenters. The molecule has 0 fully saturated rings. The third-order valence-electron chi connectivity index (χ3n) is 6.97. The molecule has 3 aromatic rings. The molecular formula is C32H31NO7. The lowest BCUT2D eigenvalue weighted by Gasteiger charge is -2.37.